The van der Waals surface area contributed by atoms with E-state index in [-0.39, 0.29) is 54.3 Å². The molecule has 8 nitrogen and oxygen atoms in total. The molecular formula is C46H77NaO8P2. The van der Waals surface area contributed by atoms with Crippen molar-refractivity contribution in [2.75, 3.05) is 13.2 Å². The zero-order valence-corrected chi connectivity index (χ0v) is 40.0. The van der Waals surface area contributed by atoms with Crippen molar-refractivity contribution < 1.29 is 66.6 Å². The van der Waals surface area contributed by atoms with E-state index in [9.17, 15) is 18.9 Å². The van der Waals surface area contributed by atoms with Crippen LogP contribution in [-0.4, -0.2) is 18.1 Å². The monoisotopic (exact) mass is 842 g/mol. The third-order valence-electron chi connectivity index (χ3n) is 10.2. The van der Waals surface area contributed by atoms with Gasteiger partial charge < -0.3 is 18.5 Å². The van der Waals surface area contributed by atoms with Crippen LogP contribution >= 0.6 is 15.6 Å². The largest absolute Gasteiger partial charge is 1.00 e. The molecule has 0 fully saturated rings. The van der Waals surface area contributed by atoms with Crippen LogP contribution in [0.1, 0.15) is 205 Å². The number of unbranched alkanes of at least 4 members (excludes halogenated alkanes) is 26. The number of hydrogen-bond donors (Lipinski definition) is 1. The van der Waals surface area contributed by atoms with Gasteiger partial charge in [-0.05, 0) is 48.2 Å². The van der Waals surface area contributed by atoms with Gasteiger partial charge in [0.2, 0.25) is 0 Å². The molecule has 1 N–H and O–H groups in total. The van der Waals surface area contributed by atoms with Crippen LogP contribution in [0.15, 0.2) is 48.5 Å². The molecule has 0 radical (unpaired) electrons. The zero-order chi connectivity index (χ0) is 40.4. The maximum Gasteiger partial charge on any atom is 1.00 e. The van der Waals surface area contributed by atoms with Crippen LogP contribution < -0.4 is 43.5 Å². The standard InChI is InChI=1S/C46H78O8P2.Na/c1-3-5-7-9-11-13-15-17-19-21-23-25-27-29-41-51-55(47,48)53-45-37-33-43(34-38-45)31-32-44-35-39-46(40-36-44)54-56(49,50)52-42-30-28-26-24-22-20-18-16-14-12-10-8-6-4-2;/h31-40H,3-30,41-42H2,1-2H3,(H,47,48)(H,49,50);/q;+1/p-1/b32-31-;. The third kappa shape index (κ3) is 31.6. The van der Waals surface area contributed by atoms with Gasteiger partial charge in [0.15, 0.2) is 0 Å². The molecule has 320 valence electrons. The Morgan fingerprint density at radius 3 is 1.07 bits per heavy atom. The van der Waals surface area contributed by atoms with E-state index in [0.29, 0.717) is 6.42 Å². The summed E-state index contributed by atoms with van der Waals surface area (Å²) in [5.41, 5.74) is 1.70. The van der Waals surface area contributed by atoms with Gasteiger partial charge in [-0.25, -0.2) is 4.57 Å². The number of benzene rings is 2. The minimum Gasteiger partial charge on any atom is -0.746 e. The average molecular weight is 843 g/mol. The second-order valence-corrected chi connectivity index (χ2v) is 18.1. The van der Waals surface area contributed by atoms with Gasteiger partial charge in [0, 0.05) is 0 Å². The van der Waals surface area contributed by atoms with E-state index in [4.69, 9.17) is 18.1 Å². The second kappa shape index (κ2) is 35.8. The van der Waals surface area contributed by atoms with Crippen LogP contribution in [-0.2, 0) is 18.2 Å². The summed E-state index contributed by atoms with van der Waals surface area (Å²) < 4.78 is 45.5. The van der Waals surface area contributed by atoms with Crippen molar-refractivity contribution in [2.24, 2.45) is 0 Å². The Bertz CT molecular complexity index is 1240. The Morgan fingerprint density at radius 1 is 0.456 bits per heavy atom. The predicted molar refractivity (Wildman–Crippen MR) is 233 cm³/mol. The summed E-state index contributed by atoms with van der Waals surface area (Å²) in [5, 5.41) is 0. The fourth-order valence-electron chi connectivity index (χ4n) is 6.74. The Labute approximate surface area is 370 Å². The van der Waals surface area contributed by atoms with E-state index in [0.717, 1.165) is 43.2 Å². The predicted octanol–water partition coefficient (Wildman–Crippen LogP) is 12.2. The summed E-state index contributed by atoms with van der Waals surface area (Å²) in [6, 6.07) is 13.5. The molecule has 0 saturated carbocycles. The first-order chi connectivity index (χ1) is 27.2. The van der Waals surface area contributed by atoms with Crippen molar-refractivity contribution in [3.63, 3.8) is 0 Å². The quantitative estimate of drug-likeness (QED) is 0.0308. The number of phosphoric acid groups is 2. The van der Waals surface area contributed by atoms with Crippen molar-refractivity contribution >= 4 is 27.8 Å². The van der Waals surface area contributed by atoms with Crippen LogP contribution in [0.2, 0.25) is 0 Å². The summed E-state index contributed by atoms with van der Waals surface area (Å²) in [7, 11) is -8.65. The van der Waals surface area contributed by atoms with Gasteiger partial charge in [0.1, 0.15) is 11.5 Å². The molecule has 57 heavy (non-hydrogen) atoms. The minimum atomic E-state index is -4.45. The van der Waals surface area contributed by atoms with Gasteiger partial charge in [-0.15, -0.1) is 0 Å². The van der Waals surface area contributed by atoms with Crippen molar-refractivity contribution in [2.45, 2.75) is 194 Å². The first-order valence-electron chi connectivity index (χ1n) is 22.4. The second-order valence-electron chi connectivity index (χ2n) is 15.4. The van der Waals surface area contributed by atoms with Crippen LogP contribution in [0.25, 0.3) is 12.2 Å². The summed E-state index contributed by atoms with van der Waals surface area (Å²) in [4.78, 5) is 22.5. The summed E-state index contributed by atoms with van der Waals surface area (Å²) in [5.74, 6) is 0.451. The molecule has 0 aliphatic carbocycles. The molecule has 0 aliphatic rings. The summed E-state index contributed by atoms with van der Waals surface area (Å²) in [6.45, 7) is 4.83. The Balaban J connectivity index is 0.0000162. The van der Waals surface area contributed by atoms with Gasteiger partial charge in [0.25, 0.3) is 0 Å². The number of phosphoric ester groups is 2. The summed E-state index contributed by atoms with van der Waals surface area (Å²) in [6.07, 6.45) is 38.5. The minimum absolute atomic E-state index is 0. The Kier molecular flexibility index (Phi) is 34.0. The van der Waals surface area contributed by atoms with Crippen molar-refractivity contribution in [3.8, 4) is 11.5 Å². The fourth-order valence-corrected chi connectivity index (χ4v) is 8.32. The van der Waals surface area contributed by atoms with Crippen molar-refractivity contribution in [1.82, 2.24) is 0 Å². The first-order valence-corrected chi connectivity index (χ1v) is 25.4. The van der Waals surface area contributed by atoms with Crippen molar-refractivity contribution in [1.29, 1.82) is 0 Å². The van der Waals surface area contributed by atoms with Gasteiger partial charge >= 0.3 is 45.2 Å². The van der Waals surface area contributed by atoms with Crippen LogP contribution in [0, 0.1) is 0 Å². The Morgan fingerprint density at radius 2 is 0.737 bits per heavy atom. The molecule has 2 unspecified atom stereocenters. The number of hydrogen-bond acceptors (Lipinski definition) is 7. The van der Waals surface area contributed by atoms with Crippen LogP contribution in [0.5, 0.6) is 11.5 Å². The van der Waals surface area contributed by atoms with E-state index in [1.54, 1.807) is 48.5 Å². The molecule has 0 bridgehead atoms. The maximum atomic E-state index is 12.4. The molecule has 0 aromatic heterocycles. The molecular weight excluding hydrogens is 765 g/mol. The molecule has 0 spiro atoms. The fraction of sp³-hybridized carbons (Fsp3) is 0.696. The molecule has 0 amide bonds. The molecule has 0 saturated heterocycles. The van der Waals surface area contributed by atoms with Crippen LogP contribution in [0.4, 0.5) is 0 Å². The van der Waals surface area contributed by atoms with E-state index >= 15 is 0 Å². The molecule has 2 aromatic carbocycles. The molecule has 2 aromatic rings. The van der Waals surface area contributed by atoms with E-state index in [2.05, 4.69) is 13.8 Å². The summed E-state index contributed by atoms with van der Waals surface area (Å²) >= 11 is 0. The molecule has 2 atom stereocenters. The number of rotatable bonds is 38. The van der Waals surface area contributed by atoms with E-state index in [1.807, 2.05) is 12.2 Å². The molecule has 0 heterocycles. The van der Waals surface area contributed by atoms with E-state index < -0.39 is 15.6 Å². The van der Waals surface area contributed by atoms with Crippen molar-refractivity contribution in [3.05, 3.63) is 59.7 Å². The van der Waals surface area contributed by atoms with Gasteiger partial charge in [-0.1, -0.05) is 217 Å². The average Bonchev–Trinajstić information content (AvgIpc) is 3.18. The maximum absolute atomic E-state index is 12.4. The zero-order valence-electron chi connectivity index (χ0n) is 36.2. The third-order valence-corrected chi connectivity index (χ3v) is 12.0. The normalized spacial score (nSPS) is 13.6. The molecule has 11 heteroatoms. The van der Waals surface area contributed by atoms with Crippen LogP contribution in [0.3, 0.4) is 0 Å². The van der Waals surface area contributed by atoms with Gasteiger partial charge in [0.05, 0.1) is 13.2 Å². The van der Waals surface area contributed by atoms with Gasteiger partial charge in [-0.3, -0.25) is 14.0 Å². The molecule has 0 aliphatic heterocycles. The smallest absolute Gasteiger partial charge is 0.746 e. The first kappa shape index (κ1) is 54.1. The van der Waals surface area contributed by atoms with Gasteiger partial charge in [-0.2, -0.15) is 0 Å². The molecule has 2 rings (SSSR count). The van der Waals surface area contributed by atoms with E-state index in [1.165, 1.54) is 141 Å². The Hall–Kier alpha value is -0.920. The topological polar surface area (TPSA) is 114 Å². The SMILES string of the molecule is CCCCCCCCCCCCCCCCOP(=O)([O-])Oc1ccc(/C=C\c2ccc(OP(=O)(O)OCCCCCCCCCCCCCCCC)cc2)cc1.[Na+].